The van der Waals surface area contributed by atoms with Gasteiger partial charge in [0.25, 0.3) is 5.91 Å². The van der Waals surface area contributed by atoms with Crippen molar-refractivity contribution in [1.29, 1.82) is 0 Å². The first-order chi connectivity index (χ1) is 10.1. The summed E-state index contributed by atoms with van der Waals surface area (Å²) in [6.07, 6.45) is 4.93. The van der Waals surface area contributed by atoms with E-state index in [-0.39, 0.29) is 5.91 Å². The van der Waals surface area contributed by atoms with Gasteiger partial charge in [-0.05, 0) is 52.7 Å². The van der Waals surface area contributed by atoms with E-state index in [9.17, 15) is 4.79 Å². The third kappa shape index (κ3) is 2.78. The Labute approximate surface area is 130 Å². The number of carbonyl (C=O) groups excluding carboxylic acids is 1. The first-order valence-corrected chi connectivity index (χ1v) is 7.21. The Hall–Kier alpha value is -2.27. The monoisotopic (exact) mass is 341 g/mol. The average Bonchev–Trinajstić information content (AvgIpc) is 2.50. The molecule has 5 heteroatoms. The van der Waals surface area contributed by atoms with Crippen LogP contribution in [0.4, 0.5) is 5.69 Å². The molecule has 3 aromatic rings. The molecule has 2 aromatic heterocycles. The van der Waals surface area contributed by atoms with Crippen molar-refractivity contribution >= 4 is 38.4 Å². The van der Waals surface area contributed by atoms with E-state index in [2.05, 4.69) is 31.2 Å². The standard InChI is InChI=1S/C16H12BrN3O/c1-10-4-5-14(13-3-2-6-19-15(10)13)20-16(21)11-7-12(17)9-18-8-11/h2-9H,1H3,(H,20,21). The predicted octanol–water partition coefficient (Wildman–Crippen LogP) is 3.95. The molecular weight excluding hydrogens is 330 g/mol. The van der Waals surface area contributed by atoms with E-state index >= 15 is 0 Å². The lowest BCUT2D eigenvalue weighted by atomic mass is 10.1. The fourth-order valence-corrected chi connectivity index (χ4v) is 2.52. The van der Waals surface area contributed by atoms with Crippen LogP contribution in [0.15, 0.2) is 53.4 Å². The van der Waals surface area contributed by atoms with E-state index in [1.807, 2.05) is 31.2 Å². The van der Waals surface area contributed by atoms with Gasteiger partial charge in [0.1, 0.15) is 0 Å². The van der Waals surface area contributed by atoms with Crippen LogP contribution in [0.2, 0.25) is 0 Å². The van der Waals surface area contributed by atoms with Crippen molar-refractivity contribution in [3.63, 3.8) is 0 Å². The number of rotatable bonds is 2. The molecule has 4 nitrogen and oxygen atoms in total. The predicted molar refractivity (Wildman–Crippen MR) is 86.4 cm³/mol. The van der Waals surface area contributed by atoms with Crippen LogP contribution >= 0.6 is 15.9 Å². The summed E-state index contributed by atoms with van der Waals surface area (Å²) in [5.41, 5.74) is 3.21. The van der Waals surface area contributed by atoms with E-state index in [1.54, 1.807) is 18.5 Å². The van der Waals surface area contributed by atoms with Crippen LogP contribution < -0.4 is 5.32 Å². The highest BCUT2D eigenvalue weighted by atomic mass is 79.9. The second kappa shape index (κ2) is 5.61. The van der Waals surface area contributed by atoms with Crippen LogP contribution in [0, 0.1) is 6.92 Å². The van der Waals surface area contributed by atoms with Crippen molar-refractivity contribution in [1.82, 2.24) is 9.97 Å². The summed E-state index contributed by atoms with van der Waals surface area (Å²) in [5.74, 6) is -0.196. The van der Waals surface area contributed by atoms with Crippen molar-refractivity contribution in [3.8, 4) is 0 Å². The number of hydrogen-bond donors (Lipinski definition) is 1. The molecule has 104 valence electrons. The van der Waals surface area contributed by atoms with Crippen molar-refractivity contribution in [2.75, 3.05) is 5.32 Å². The minimum absolute atomic E-state index is 0.196. The second-order valence-electron chi connectivity index (χ2n) is 4.68. The highest BCUT2D eigenvalue weighted by molar-refractivity contribution is 9.10. The molecule has 0 aliphatic rings. The van der Waals surface area contributed by atoms with Gasteiger partial charge in [0, 0.05) is 28.4 Å². The molecule has 0 saturated carbocycles. The van der Waals surface area contributed by atoms with Gasteiger partial charge in [0.05, 0.1) is 16.8 Å². The number of hydrogen-bond acceptors (Lipinski definition) is 3. The molecule has 0 fully saturated rings. The maximum absolute atomic E-state index is 12.3. The Balaban J connectivity index is 1.99. The number of pyridine rings is 2. The minimum Gasteiger partial charge on any atom is -0.321 e. The zero-order chi connectivity index (χ0) is 14.8. The number of benzene rings is 1. The molecule has 0 aliphatic heterocycles. The zero-order valence-electron chi connectivity index (χ0n) is 11.3. The number of fused-ring (bicyclic) bond motifs is 1. The summed E-state index contributed by atoms with van der Waals surface area (Å²) >= 11 is 3.31. The molecule has 0 radical (unpaired) electrons. The topological polar surface area (TPSA) is 54.9 Å². The van der Waals surface area contributed by atoms with Gasteiger partial charge in [0.15, 0.2) is 0 Å². The highest BCUT2D eigenvalue weighted by Gasteiger charge is 2.10. The molecule has 1 N–H and O–H groups in total. The summed E-state index contributed by atoms with van der Waals surface area (Å²) in [6, 6.07) is 9.38. The largest absolute Gasteiger partial charge is 0.321 e. The highest BCUT2D eigenvalue weighted by Crippen LogP contribution is 2.25. The van der Waals surface area contributed by atoms with Crippen molar-refractivity contribution in [3.05, 3.63) is 64.5 Å². The fourth-order valence-electron chi connectivity index (χ4n) is 2.15. The summed E-state index contributed by atoms with van der Waals surface area (Å²) in [4.78, 5) is 20.7. The van der Waals surface area contributed by atoms with Crippen LogP contribution in [0.3, 0.4) is 0 Å². The number of nitrogens with zero attached hydrogens (tertiary/aromatic N) is 2. The molecule has 3 rings (SSSR count). The van der Waals surface area contributed by atoms with Gasteiger partial charge in [-0.2, -0.15) is 0 Å². The molecule has 21 heavy (non-hydrogen) atoms. The Morgan fingerprint density at radius 1 is 1.24 bits per heavy atom. The van der Waals surface area contributed by atoms with Gasteiger partial charge in [-0.1, -0.05) is 6.07 Å². The van der Waals surface area contributed by atoms with Crippen LogP contribution in [0.1, 0.15) is 15.9 Å². The van der Waals surface area contributed by atoms with Gasteiger partial charge in [-0.25, -0.2) is 0 Å². The molecule has 0 atom stereocenters. The molecule has 2 heterocycles. The lowest BCUT2D eigenvalue weighted by Gasteiger charge is -2.10. The fraction of sp³-hybridized carbons (Fsp3) is 0.0625. The van der Waals surface area contributed by atoms with E-state index < -0.39 is 0 Å². The van der Waals surface area contributed by atoms with Gasteiger partial charge in [-0.15, -0.1) is 0 Å². The number of halogens is 1. The van der Waals surface area contributed by atoms with Gasteiger partial charge < -0.3 is 5.32 Å². The number of carbonyl (C=O) groups is 1. The van der Waals surface area contributed by atoms with Gasteiger partial charge >= 0.3 is 0 Å². The number of aryl methyl sites for hydroxylation is 1. The summed E-state index contributed by atoms with van der Waals surface area (Å²) in [6.45, 7) is 2.00. The Morgan fingerprint density at radius 3 is 2.90 bits per heavy atom. The minimum atomic E-state index is -0.196. The quantitative estimate of drug-likeness (QED) is 0.767. The number of aromatic nitrogens is 2. The van der Waals surface area contributed by atoms with Crippen LogP contribution in [-0.2, 0) is 0 Å². The number of amides is 1. The number of anilines is 1. The number of nitrogens with one attached hydrogen (secondary N) is 1. The van der Waals surface area contributed by atoms with E-state index in [0.29, 0.717) is 5.56 Å². The molecule has 0 unspecified atom stereocenters. The molecule has 1 amide bonds. The Bertz CT molecular complexity index is 833. The SMILES string of the molecule is Cc1ccc(NC(=O)c2cncc(Br)c2)c2cccnc12. The smallest absolute Gasteiger partial charge is 0.257 e. The summed E-state index contributed by atoms with van der Waals surface area (Å²) in [7, 11) is 0. The first kappa shape index (κ1) is 13.7. The second-order valence-corrected chi connectivity index (χ2v) is 5.59. The maximum atomic E-state index is 12.3. The van der Waals surface area contributed by atoms with Crippen LogP contribution in [0.25, 0.3) is 10.9 Å². The lowest BCUT2D eigenvalue weighted by molar-refractivity contribution is 0.102. The van der Waals surface area contributed by atoms with Gasteiger partial charge in [-0.3, -0.25) is 14.8 Å². The Morgan fingerprint density at radius 2 is 2.10 bits per heavy atom. The van der Waals surface area contributed by atoms with E-state index in [0.717, 1.165) is 26.6 Å². The molecular formula is C16H12BrN3O. The molecule has 0 bridgehead atoms. The van der Waals surface area contributed by atoms with Crippen LogP contribution in [-0.4, -0.2) is 15.9 Å². The van der Waals surface area contributed by atoms with Crippen molar-refractivity contribution in [2.24, 2.45) is 0 Å². The third-order valence-electron chi connectivity index (χ3n) is 3.19. The molecule has 0 spiro atoms. The molecule has 0 saturated heterocycles. The first-order valence-electron chi connectivity index (χ1n) is 6.41. The normalized spacial score (nSPS) is 10.6. The van der Waals surface area contributed by atoms with E-state index in [1.165, 1.54) is 6.20 Å². The molecule has 1 aromatic carbocycles. The zero-order valence-corrected chi connectivity index (χ0v) is 12.9. The van der Waals surface area contributed by atoms with Crippen molar-refractivity contribution < 1.29 is 4.79 Å². The summed E-state index contributed by atoms with van der Waals surface area (Å²) in [5, 5.41) is 3.84. The maximum Gasteiger partial charge on any atom is 0.257 e. The Kier molecular flexibility index (Phi) is 3.66. The summed E-state index contributed by atoms with van der Waals surface area (Å²) < 4.78 is 0.769. The lowest BCUT2D eigenvalue weighted by Crippen LogP contribution is -2.12. The average molecular weight is 342 g/mol. The van der Waals surface area contributed by atoms with E-state index in [4.69, 9.17) is 0 Å². The molecule has 0 aliphatic carbocycles. The van der Waals surface area contributed by atoms with Gasteiger partial charge in [0.2, 0.25) is 0 Å². The van der Waals surface area contributed by atoms with Crippen LogP contribution in [0.5, 0.6) is 0 Å². The third-order valence-corrected chi connectivity index (χ3v) is 3.62. The van der Waals surface area contributed by atoms with Crippen molar-refractivity contribution in [2.45, 2.75) is 6.92 Å².